The molecule has 0 fully saturated rings. The molecule has 0 unspecified atom stereocenters. The van der Waals surface area contributed by atoms with Crippen molar-refractivity contribution in [1.29, 1.82) is 0 Å². The van der Waals surface area contributed by atoms with Crippen LogP contribution in [0.4, 0.5) is 22.7 Å². The molecule has 9 nitrogen and oxygen atoms in total. The van der Waals surface area contributed by atoms with Crippen molar-refractivity contribution in [2.75, 3.05) is 5.32 Å². The smallest absolute Gasteiger partial charge is 0.299 e. The Morgan fingerprint density at radius 2 is 1.68 bits per heavy atom. The lowest BCUT2D eigenvalue weighted by atomic mass is 10.1. The topological polar surface area (TPSA) is 141 Å². The monoisotopic (exact) mass is 302 g/mol. The molecule has 0 heterocycles. The Hall–Kier alpha value is -3.49. The number of rotatable bonds is 5. The van der Waals surface area contributed by atoms with Crippen molar-refractivity contribution in [2.24, 2.45) is 5.73 Å². The van der Waals surface area contributed by atoms with Crippen LogP contribution in [-0.4, -0.2) is 15.8 Å². The molecule has 0 radical (unpaired) electrons. The van der Waals surface area contributed by atoms with E-state index in [9.17, 15) is 25.0 Å². The molecule has 2 aromatic rings. The molecule has 0 atom stereocenters. The van der Waals surface area contributed by atoms with Crippen molar-refractivity contribution < 1.29 is 14.6 Å². The number of nitrogens with two attached hydrogens (primary N) is 1. The van der Waals surface area contributed by atoms with Gasteiger partial charge in [-0.25, -0.2) is 0 Å². The van der Waals surface area contributed by atoms with Crippen molar-refractivity contribution in [3.05, 3.63) is 68.3 Å². The number of carbonyl (C=O) groups is 1. The number of para-hydroxylation sites is 1. The van der Waals surface area contributed by atoms with E-state index in [1.807, 2.05) is 0 Å². The highest BCUT2D eigenvalue weighted by molar-refractivity contribution is 5.99. The second-order valence-corrected chi connectivity index (χ2v) is 4.25. The summed E-state index contributed by atoms with van der Waals surface area (Å²) < 4.78 is 0. The summed E-state index contributed by atoms with van der Waals surface area (Å²) in [6, 6.07) is 9.36. The SMILES string of the molecule is NC(=O)c1ccccc1Nc1ccc([N+](=O)[O-])cc1[N+](=O)[O-]. The third kappa shape index (κ3) is 2.98. The molecule has 0 aliphatic carbocycles. The molecule has 0 bridgehead atoms. The number of nitro benzene ring substituents is 2. The molecule has 0 aliphatic heterocycles. The highest BCUT2D eigenvalue weighted by Gasteiger charge is 2.20. The lowest BCUT2D eigenvalue weighted by Crippen LogP contribution is -2.13. The first-order valence-electron chi connectivity index (χ1n) is 5.99. The van der Waals surface area contributed by atoms with Gasteiger partial charge in [-0.15, -0.1) is 0 Å². The van der Waals surface area contributed by atoms with E-state index in [0.29, 0.717) is 0 Å². The fourth-order valence-electron chi connectivity index (χ4n) is 1.84. The van der Waals surface area contributed by atoms with E-state index in [1.165, 1.54) is 18.2 Å². The zero-order chi connectivity index (χ0) is 16.3. The minimum atomic E-state index is -0.748. The first-order valence-corrected chi connectivity index (χ1v) is 5.99. The standard InChI is InChI=1S/C13H10N4O5/c14-13(18)9-3-1-2-4-10(9)15-11-6-5-8(16(19)20)7-12(11)17(21)22/h1-7,15H,(H2,14,18). The van der Waals surface area contributed by atoms with Crippen molar-refractivity contribution in [1.82, 2.24) is 0 Å². The van der Waals surface area contributed by atoms with E-state index in [0.717, 1.165) is 12.1 Å². The summed E-state index contributed by atoms with van der Waals surface area (Å²) in [4.78, 5) is 31.6. The third-order valence-corrected chi connectivity index (χ3v) is 2.85. The summed E-state index contributed by atoms with van der Waals surface area (Å²) in [6.45, 7) is 0. The fraction of sp³-hybridized carbons (Fsp3) is 0. The molecule has 0 aromatic heterocycles. The van der Waals surface area contributed by atoms with Gasteiger partial charge in [0.05, 0.1) is 27.2 Å². The lowest BCUT2D eigenvalue weighted by Gasteiger charge is -2.10. The second kappa shape index (κ2) is 5.87. The number of hydrogen-bond donors (Lipinski definition) is 2. The summed E-state index contributed by atoms with van der Waals surface area (Å²) in [5, 5.41) is 24.5. The van der Waals surface area contributed by atoms with E-state index in [4.69, 9.17) is 5.73 Å². The average molecular weight is 302 g/mol. The highest BCUT2D eigenvalue weighted by Crippen LogP contribution is 2.32. The van der Waals surface area contributed by atoms with E-state index < -0.39 is 27.1 Å². The Balaban J connectivity index is 2.48. The highest BCUT2D eigenvalue weighted by atomic mass is 16.6. The van der Waals surface area contributed by atoms with Gasteiger partial charge in [-0.05, 0) is 18.2 Å². The van der Waals surface area contributed by atoms with E-state index >= 15 is 0 Å². The molecular weight excluding hydrogens is 292 g/mol. The fourth-order valence-corrected chi connectivity index (χ4v) is 1.84. The van der Waals surface area contributed by atoms with Gasteiger partial charge in [-0.1, -0.05) is 12.1 Å². The molecule has 2 aromatic carbocycles. The molecule has 22 heavy (non-hydrogen) atoms. The number of amides is 1. The summed E-state index contributed by atoms with van der Waals surface area (Å²) in [6.07, 6.45) is 0. The van der Waals surface area contributed by atoms with E-state index in [2.05, 4.69) is 5.32 Å². The molecule has 112 valence electrons. The second-order valence-electron chi connectivity index (χ2n) is 4.25. The maximum atomic E-state index is 11.3. The van der Waals surface area contributed by atoms with E-state index in [-0.39, 0.29) is 16.9 Å². The first kappa shape index (κ1) is 14.9. The zero-order valence-electron chi connectivity index (χ0n) is 11.1. The van der Waals surface area contributed by atoms with Gasteiger partial charge in [0, 0.05) is 6.07 Å². The Bertz CT molecular complexity index is 775. The number of nitrogens with zero attached hydrogens (tertiary/aromatic N) is 2. The van der Waals surface area contributed by atoms with Crippen LogP contribution in [0.2, 0.25) is 0 Å². The molecule has 3 N–H and O–H groups in total. The lowest BCUT2D eigenvalue weighted by molar-refractivity contribution is -0.393. The summed E-state index contributed by atoms with van der Waals surface area (Å²) >= 11 is 0. The minimum absolute atomic E-state index is 0.0179. The molecule has 2 rings (SSSR count). The van der Waals surface area contributed by atoms with Gasteiger partial charge in [0.1, 0.15) is 5.69 Å². The van der Waals surface area contributed by atoms with Crippen molar-refractivity contribution >= 4 is 28.7 Å². The van der Waals surface area contributed by atoms with Crippen LogP contribution in [0.1, 0.15) is 10.4 Å². The Labute approximate surface area is 123 Å². The van der Waals surface area contributed by atoms with Gasteiger partial charge in [0.2, 0.25) is 0 Å². The number of hydrogen-bond acceptors (Lipinski definition) is 6. The van der Waals surface area contributed by atoms with Crippen LogP contribution < -0.4 is 11.1 Å². The average Bonchev–Trinajstić information content (AvgIpc) is 2.47. The number of anilines is 2. The van der Waals surface area contributed by atoms with Crippen molar-refractivity contribution in [2.45, 2.75) is 0 Å². The first-order chi connectivity index (χ1) is 10.4. The number of non-ortho nitro benzene ring substituents is 1. The molecule has 9 heteroatoms. The van der Waals surface area contributed by atoms with Crippen LogP contribution in [0.3, 0.4) is 0 Å². The van der Waals surface area contributed by atoms with Gasteiger partial charge in [-0.3, -0.25) is 25.0 Å². The van der Waals surface area contributed by atoms with Crippen LogP contribution in [0.5, 0.6) is 0 Å². The zero-order valence-corrected chi connectivity index (χ0v) is 11.1. The van der Waals surface area contributed by atoms with Gasteiger partial charge < -0.3 is 11.1 Å². The van der Waals surface area contributed by atoms with Crippen molar-refractivity contribution in [3.8, 4) is 0 Å². The molecule has 0 aliphatic rings. The number of nitrogens with one attached hydrogen (secondary N) is 1. The Kier molecular flexibility index (Phi) is 3.98. The summed E-state index contributed by atoms with van der Waals surface area (Å²) in [5.41, 5.74) is 4.78. The maximum absolute atomic E-state index is 11.3. The van der Waals surface area contributed by atoms with Crippen molar-refractivity contribution in [3.63, 3.8) is 0 Å². The largest absolute Gasteiger partial charge is 0.366 e. The van der Waals surface area contributed by atoms with Gasteiger partial charge >= 0.3 is 0 Å². The number of benzene rings is 2. The molecule has 0 saturated heterocycles. The third-order valence-electron chi connectivity index (χ3n) is 2.85. The number of primary amides is 1. The summed E-state index contributed by atoms with van der Waals surface area (Å²) in [7, 11) is 0. The Morgan fingerprint density at radius 1 is 1.00 bits per heavy atom. The predicted molar refractivity (Wildman–Crippen MR) is 78.0 cm³/mol. The van der Waals surface area contributed by atoms with E-state index in [1.54, 1.807) is 12.1 Å². The van der Waals surface area contributed by atoms with Crippen LogP contribution in [-0.2, 0) is 0 Å². The van der Waals surface area contributed by atoms with Gasteiger partial charge in [0.25, 0.3) is 17.3 Å². The molecule has 1 amide bonds. The maximum Gasteiger partial charge on any atom is 0.299 e. The normalized spacial score (nSPS) is 10.0. The molecule has 0 saturated carbocycles. The molecule has 0 spiro atoms. The quantitative estimate of drug-likeness (QED) is 0.641. The van der Waals surface area contributed by atoms with Crippen LogP contribution in [0, 0.1) is 20.2 Å². The van der Waals surface area contributed by atoms with Crippen LogP contribution in [0.15, 0.2) is 42.5 Å². The molecular formula is C13H10N4O5. The van der Waals surface area contributed by atoms with Gasteiger partial charge in [0.15, 0.2) is 0 Å². The minimum Gasteiger partial charge on any atom is -0.366 e. The Morgan fingerprint density at radius 3 is 2.27 bits per heavy atom. The van der Waals surface area contributed by atoms with Crippen LogP contribution in [0.25, 0.3) is 0 Å². The summed E-state index contributed by atoms with van der Waals surface area (Å²) in [5.74, 6) is -0.701. The van der Waals surface area contributed by atoms with Crippen LogP contribution >= 0.6 is 0 Å². The number of nitro groups is 2. The predicted octanol–water partition coefficient (Wildman–Crippen LogP) is 2.35. The van der Waals surface area contributed by atoms with Gasteiger partial charge in [-0.2, -0.15) is 0 Å². The number of carbonyl (C=O) groups excluding carboxylic acids is 1.